The van der Waals surface area contributed by atoms with E-state index < -0.39 is 0 Å². The third kappa shape index (κ3) is 3.81. The number of halogens is 1. The molecule has 15 heavy (non-hydrogen) atoms. The van der Waals surface area contributed by atoms with Crippen molar-refractivity contribution < 1.29 is 9.90 Å². The smallest absolute Gasteiger partial charge is 0.135 e. The standard InChI is InChI=1S/C12H15IO2/c1-8(2)11(14)5-3-9-4-6-12(15)10(13)7-9/h4,6-8,15H,3,5H2,1-2H3. The van der Waals surface area contributed by atoms with Crippen molar-refractivity contribution in [1.82, 2.24) is 0 Å². The zero-order valence-corrected chi connectivity index (χ0v) is 11.1. The molecule has 1 aromatic carbocycles. The molecule has 0 aliphatic heterocycles. The maximum absolute atomic E-state index is 11.4. The van der Waals surface area contributed by atoms with Gasteiger partial charge in [0.05, 0.1) is 3.57 Å². The van der Waals surface area contributed by atoms with Gasteiger partial charge in [0, 0.05) is 12.3 Å². The summed E-state index contributed by atoms with van der Waals surface area (Å²) in [7, 11) is 0. The van der Waals surface area contributed by atoms with Crippen LogP contribution in [-0.4, -0.2) is 10.9 Å². The molecule has 0 aliphatic rings. The van der Waals surface area contributed by atoms with Crippen LogP contribution in [0.1, 0.15) is 25.8 Å². The third-order valence-electron chi connectivity index (χ3n) is 2.32. The van der Waals surface area contributed by atoms with Crippen molar-refractivity contribution in [2.45, 2.75) is 26.7 Å². The first kappa shape index (κ1) is 12.5. The molecule has 0 unspecified atom stereocenters. The van der Waals surface area contributed by atoms with Crippen LogP contribution in [-0.2, 0) is 11.2 Å². The number of ketones is 1. The minimum Gasteiger partial charge on any atom is -0.507 e. The summed E-state index contributed by atoms with van der Waals surface area (Å²) < 4.78 is 0.835. The van der Waals surface area contributed by atoms with E-state index in [0.717, 1.165) is 15.6 Å². The molecule has 1 rings (SSSR count). The Morgan fingerprint density at radius 1 is 1.47 bits per heavy atom. The molecule has 2 nitrogen and oxygen atoms in total. The Bertz CT molecular complexity index is 359. The van der Waals surface area contributed by atoms with Crippen LogP contribution in [0.15, 0.2) is 18.2 Å². The largest absolute Gasteiger partial charge is 0.507 e. The topological polar surface area (TPSA) is 37.3 Å². The van der Waals surface area contributed by atoms with Crippen molar-refractivity contribution in [2.24, 2.45) is 5.92 Å². The van der Waals surface area contributed by atoms with Gasteiger partial charge in [-0.1, -0.05) is 19.9 Å². The van der Waals surface area contributed by atoms with E-state index in [9.17, 15) is 9.90 Å². The van der Waals surface area contributed by atoms with Gasteiger partial charge in [-0.3, -0.25) is 4.79 Å². The molecule has 0 spiro atoms. The normalized spacial score (nSPS) is 10.7. The zero-order valence-electron chi connectivity index (χ0n) is 8.96. The van der Waals surface area contributed by atoms with E-state index in [0.29, 0.717) is 12.2 Å². The number of phenolic OH excluding ortho intramolecular Hbond substituents is 1. The van der Waals surface area contributed by atoms with Crippen LogP contribution in [0.4, 0.5) is 0 Å². The molecule has 0 aromatic heterocycles. The van der Waals surface area contributed by atoms with Crippen LogP contribution >= 0.6 is 22.6 Å². The summed E-state index contributed by atoms with van der Waals surface area (Å²) in [5.41, 5.74) is 1.10. The van der Waals surface area contributed by atoms with Crippen molar-refractivity contribution in [3.05, 3.63) is 27.3 Å². The lowest BCUT2D eigenvalue weighted by atomic mass is 10.0. The van der Waals surface area contributed by atoms with Crippen LogP contribution in [0, 0.1) is 9.49 Å². The molecule has 0 amide bonds. The SMILES string of the molecule is CC(C)C(=O)CCc1ccc(O)c(I)c1. The minimum atomic E-state index is 0.112. The monoisotopic (exact) mass is 318 g/mol. The molecule has 0 bridgehead atoms. The quantitative estimate of drug-likeness (QED) is 0.866. The van der Waals surface area contributed by atoms with Gasteiger partial charge < -0.3 is 5.11 Å². The van der Waals surface area contributed by atoms with Gasteiger partial charge in [0.25, 0.3) is 0 Å². The number of benzene rings is 1. The molecule has 0 saturated carbocycles. The number of aryl methyl sites for hydroxylation is 1. The fraction of sp³-hybridized carbons (Fsp3) is 0.417. The van der Waals surface area contributed by atoms with Gasteiger partial charge in [-0.2, -0.15) is 0 Å². The molecule has 0 saturated heterocycles. The van der Waals surface area contributed by atoms with E-state index in [-0.39, 0.29) is 11.7 Å². The number of rotatable bonds is 4. The predicted molar refractivity (Wildman–Crippen MR) is 69.0 cm³/mol. The van der Waals surface area contributed by atoms with Crippen LogP contribution in [0.3, 0.4) is 0 Å². The van der Waals surface area contributed by atoms with Crippen molar-refractivity contribution in [3.63, 3.8) is 0 Å². The highest BCUT2D eigenvalue weighted by atomic mass is 127. The van der Waals surface area contributed by atoms with Crippen molar-refractivity contribution in [1.29, 1.82) is 0 Å². The summed E-state index contributed by atoms with van der Waals surface area (Å²) in [6.07, 6.45) is 1.34. The lowest BCUT2D eigenvalue weighted by Crippen LogP contribution is -2.07. The number of carbonyl (C=O) groups is 1. The first-order valence-electron chi connectivity index (χ1n) is 5.01. The fourth-order valence-electron chi connectivity index (χ4n) is 1.26. The highest BCUT2D eigenvalue weighted by Crippen LogP contribution is 2.21. The summed E-state index contributed by atoms with van der Waals surface area (Å²) in [6.45, 7) is 3.84. The third-order valence-corrected chi connectivity index (χ3v) is 3.18. The van der Waals surface area contributed by atoms with Crippen molar-refractivity contribution in [2.75, 3.05) is 0 Å². The van der Waals surface area contributed by atoms with Gasteiger partial charge in [0.1, 0.15) is 11.5 Å². The second-order valence-corrected chi connectivity index (χ2v) is 5.07. The molecule has 0 fully saturated rings. The number of Topliss-reactive ketones (excluding diaryl/α,β-unsaturated/α-hetero) is 1. The molecule has 0 heterocycles. The Morgan fingerprint density at radius 2 is 2.13 bits per heavy atom. The van der Waals surface area contributed by atoms with E-state index in [1.807, 2.05) is 26.0 Å². The summed E-state index contributed by atoms with van der Waals surface area (Å²) in [6, 6.07) is 5.46. The molecular weight excluding hydrogens is 303 g/mol. The maximum Gasteiger partial charge on any atom is 0.135 e. The van der Waals surface area contributed by atoms with Crippen LogP contribution in [0.25, 0.3) is 0 Å². The molecule has 0 atom stereocenters. The van der Waals surface area contributed by atoms with E-state index in [4.69, 9.17) is 0 Å². The Kier molecular flexibility index (Phi) is 4.57. The Morgan fingerprint density at radius 3 is 2.67 bits per heavy atom. The van der Waals surface area contributed by atoms with Gasteiger partial charge >= 0.3 is 0 Å². The molecular formula is C12H15IO2. The van der Waals surface area contributed by atoms with Crippen LogP contribution in [0.2, 0.25) is 0 Å². The van der Waals surface area contributed by atoms with Gasteiger partial charge in [0.15, 0.2) is 0 Å². The minimum absolute atomic E-state index is 0.112. The first-order valence-corrected chi connectivity index (χ1v) is 6.08. The van der Waals surface area contributed by atoms with Gasteiger partial charge in [-0.15, -0.1) is 0 Å². The highest BCUT2D eigenvalue weighted by Gasteiger charge is 2.07. The Labute approximate surface area is 104 Å². The lowest BCUT2D eigenvalue weighted by Gasteiger charge is -2.05. The number of phenols is 1. The van der Waals surface area contributed by atoms with Gasteiger partial charge in [-0.05, 0) is 46.7 Å². The summed E-state index contributed by atoms with van der Waals surface area (Å²) in [4.78, 5) is 11.4. The van der Waals surface area contributed by atoms with Crippen LogP contribution in [0.5, 0.6) is 5.75 Å². The predicted octanol–water partition coefficient (Wildman–Crippen LogP) is 3.15. The van der Waals surface area contributed by atoms with E-state index in [1.165, 1.54) is 0 Å². The number of hydrogen-bond acceptors (Lipinski definition) is 2. The molecule has 1 N–H and O–H groups in total. The second kappa shape index (κ2) is 5.49. The number of carbonyl (C=O) groups excluding carboxylic acids is 1. The van der Waals surface area contributed by atoms with E-state index >= 15 is 0 Å². The molecule has 3 heteroatoms. The fourth-order valence-corrected chi connectivity index (χ4v) is 1.84. The summed E-state index contributed by atoms with van der Waals surface area (Å²) >= 11 is 2.09. The molecule has 0 radical (unpaired) electrons. The van der Waals surface area contributed by atoms with Gasteiger partial charge in [-0.25, -0.2) is 0 Å². The Hall–Kier alpha value is -0.580. The van der Waals surface area contributed by atoms with Crippen molar-refractivity contribution in [3.8, 4) is 5.75 Å². The molecule has 0 aliphatic carbocycles. The second-order valence-electron chi connectivity index (χ2n) is 3.91. The number of aromatic hydroxyl groups is 1. The number of hydrogen-bond donors (Lipinski definition) is 1. The maximum atomic E-state index is 11.4. The van der Waals surface area contributed by atoms with E-state index in [1.54, 1.807) is 6.07 Å². The highest BCUT2D eigenvalue weighted by molar-refractivity contribution is 14.1. The van der Waals surface area contributed by atoms with Gasteiger partial charge in [0.2, 0.25) is 0 Å². The molecule has 82 valence electrons. The lowest BCUT2D eigenvalue weighted by molar-refractivity contribution is -0.121. The molecule has 1 aromatic rings. The van der Waals surface area contributed by atoms with Crippen molar-refractivity contribution >= 4 is 28.4 Å². The summed E-state index contributed by atoms with van der Waals surface area (Å²) in [5.74, 6) is 0.703. The average molecular weight is 318 g/mol. The zero-order chi connectivity index (χ0) is 11.4. The average Bonchev–Trinajstić information content (AvgIpc) is 2.19. The first-order chi connectivity index (χ1) is 7.00. The summed E-state index contributed by atoms with van der Waals surface area (Å²) in [5, 5.41) is 9.33. The van der Waals surface area contributed by atoms with Crippen LogP contribution < -0.4 is 0 Å². The Balaban J connectivity index is 2.58. The van der Waals surface area contributed by atoms with E-state index in [2.05, 4.69) is 22.6 Å².